The third kappa shape index (κ3) is 2.18. The minimum atomic E-state index is -2.46. The van der Waals surface area contributed by atoms with Gasteiger partial charge in [-0.25, -0.2) is 4.79 Å². The highest BCUT2D eigenvalue weighted by molar-refractivity contribution is 6.12. The number of fused-ring (bicyclic) bond motifs is 3. The first-order valence-corrected chi connectivity index (χ1v) is 8.78. The van der Waals surface area contributed by atoms with Crippen molar-refractivity contribution in [2.45, 2.75) is 52.1 Å². The average Bonchev–Trinajstić information content (AvgIpc) is 2.90. The molecule has 0 heterocycles. The van der Waals surface area contributed by atoms with Crippen molar-refractivity contribution in [2.24, 2.45) is 17.3 Å². The van der Waals surface area contributed by atoms with Crippen LogP contribution in [-0.2, 0) is 19.9 Å². The van der Waals surface area contributed by atoms with Crippen molar-refractivity contribution in [1.82, 2.24) is 0 Å². The third-order valence-electron chi connectivity index (χ3n) is 6.29. The Hall–Kier alpha value is -1.88. The number of phenolic OH excluding ortho intramolecular Hbond substituents is 1. The molecule has 0 amide bonds. The highest BCUT2D eigenvalue weighted by Gasteiger charge is 2.66. The van der Waals surface area contributed by atoms with Gasteiger partial charge in [0.05, 0.1) is 7.11 Å². The van der Waals surface area contributed by atoms with E-state index in [0.29, 0.717) is 17.9 Å². The molecule has 2 aliphatic rings. The van der Waals surface area contributed by atoms with Crippen LogP contribution >= 0.6 is 0 Å². The number of rotatable bonds is 2. The third-order valence-corrected chi connectivity index (χ3v) is 6.29. The van der Waals surface area contributed by atoms with E-state index >= 15 is 0 Å². The number of aliphatic hydroxyl groups is 1. The number of benzene rings is 1. The Morgan fingerprint density at radius 2 is 2.00 bits per heavy atom. The van der Waals surface area contributed by atoms with Crippen LogP contribution < -0.4 is 0 Å². The summed E-state index contributed by atoms with van der Waals surface area (Å²) in [5.41, 5.74) is -1.78. The topological polar surface area (TPSA) is 83.8 Å². The lowest BCUT2D eigenvalue weighted by Gasteiger charge is -2.45. The molecule has 5 heteroatoms. The molecule has 0 spiro atoms. The van der Waals surface area contributed by atoms with Gasteiger partial charge in [0.2, 0.25) is 0 Å². The van der Waals surface area contributed by atoms with Gasteiger partial charge < -0.3 is 14.9 Å². The molecule has 0 radical (unpaired) electrons. The van der Waals surface area contributed by atoms with E-state index in [1.54, 1.807) is 0 Å². The zero-order chi connectivity index (χ0) is 18.7. The van der Waals surface area contributed by atoms with Crippen LogP contribution in [0.5, 0.6) is 5.75 Å². The fourth-order valence-corrected chi connectivity index (χ4v) is 5.11. The molecule has 4 atom stereocenters. The van der Waals surface area contributed by atoms with Gasteiger partial charge in [-0.15, -0.1) is 0 Å². The highest BCUT2D eigenvalue weighted by Crippen LogP contribution is 2.63. The lowest BCUT2D eigenvalue weighted by molar-refractivity contribution is -0.176. The molecule has 0 unspecified atom stereocenters. The molecule has 1 aromatic carbocycles. The van der Waals surface area contributed by atoms with Gasteiger partial charge in [0.15, 0.2) is 5.78 Å². The minimum absolute atomic E-state index is 0.00461. The molecule has 2 aliphatic carbocycles. The fourth-order valence-electron chi connectivity index (χ4n) is 5.11. The van der Waals surface area contributed by atoms with E-state index in [1.807, 2.05) is 19.9 Å². The monoisotopic (exact) mass is 346 g/mol. The molecule has 136 valence electrons. The quantitative estimate of drug-likeness (QED) is 0.635. The highest BCUT2D eigenvalue weighted by atomic mass is 16.5. The smallest absolute Gasteiger partial charge is 0.350 e. The largest absolute Gasteiger partial charge is 0.508 e. The average molecular weight is 346 g/mol. The van der Waals surface area contributed by atoms with Gasteiger partial charge in [-0.3, -0.25) is 4.79 Å². The first-order chi connectivity index (χ1) is 11.6. The lowest BCUT2D eigenvalue weighted by Crippen LogP contribution is -2.56. The molecule has 1 fully saturated rings. The molecular weight excluding hydrogens is 320 g/mol. The molecule has 5 nitrogen and oxygen atoms in total. The summed E-state index contributed by atoms with van der Waals surface area (Å²) in [5.74, 6) is -1.37. The normalized spacial score (nSPS) is 34.0. The van der Waals surface area contributed by atoms with Gasteiger partial charge in [0, 0.05) is 11.0 Å². The van der Waals surface area contributed by atoms with Gasteiger partial charge in [0.25, 0.3) is 5.60 Å². The molecule has 25 heavy (non-hydrogen) atoms. The van der Waals surface area contributed by atoms with Gasteiger partial charge >= 0.3 is 5.97 Å². The van der Waals surface area contributed by atoms with E-state index in [0.717, 1.165) is 19.1 Å². The predicted octanol–water partition coefficient (Wildman–Crippen LogP) is 2.80. The number of carbonyl (C=O) groups excluding carboxylic acids is 2. The molecule has 0 aliphatic heterocycles. The maximum absolute atomic E-state index is 13.4. The van der Waals surface area contributed by atoms with E-state index in [4.69, 9.17) is 4.74 Å². The lowest BCUT2D eigenvalue weighted by atomic mass is 9.57. The second kappa shape index (κ2) is 5.56. The Bertz CT molecular complexity index is 753. The Labute approximate surface area is 148 Å². The maximum Gasteiger partial charge on any atom is 0.350 e. The van der Waals surface area contributed by atoms with E-state index in [9.17, 15) is 19.8 Å². The summed E-state index contributed by atoms with van der Waals surface area (Å²) in [5, 5.41) is 21.7. The summed E-state index contributed by atoms with van der Waals surface area (Å²) >= 11 is 0. The maximum atomic E-state index is 13.4. The number of aryl methyl sites for hydroxylation is 1. The van der Waals surface area contributed by atoms with Crippen LogP contribution in [0.3, 0.4) is 0 Å². The number of methoxy groups -OCH3 is 1. The molecule has 0 saturated heterocycles. The number of Topliss-reactive ketones (excluding diaryl/α,β-unsaturated/α-hetero) is 1. The van der Waals surface area contributed by atoms with Crippen molar-refractivity contribution in [2.75, 3.05) is 7.11 Å². The van der Waals surface area contributed by atoms with Gasteiger partial charge in [0.1, 0.15) is 5.75 Å². The summed E-state index contributed by atoms with van der Waals surface area (Å²) in [6.07, 6.45) is 1.45. The van der Waals surface area contributed by atoms with Crippen LogP contribution in [0.15, 0.2) is 12.1 Å². The zero-order valence-corrected chi connectivity index (χ0v) is 15.4. The van der Waals surface area contributed by atoms with Crippen molar-refractivity contribution in [1.29, 1.82) is 0 Å². The van der Waals surface area contributed by atoms with Crippen molar-refractivity contribution in [3.63, 3.8) is 0 Å². The van der Waals surface area contributed by atoms with Gasteiger partial charge in [-0.2, -0.15) is 0 Å². The van der Waals surface area contributed by atoms with Crippen molar-refractivity contribution >= 4 is 11.8 Å². The number of hydrogen-bond acceptors (Lipinski definition) is 5. The second-order valence-electron chi connectivity index (χ2n) is 8.12. The van der Waals surface area contributed by atoms with Gasteiger partial charge in [-0.1, -0.05) is 26.8 Å². The van der Waals surface area contributed by atoms with Crippen LogP contribution in [0, 0.1) is 24.2 Å². The summed E-state index contributed by atoms with van der Waals surface area (Å²) in [7, 11) is 1.14. The van der Waals surface area contributed by atoms with Gasteiger partial charge in [-0.05, 0) is 54.7 Å². The SMILES string of the molecule is COC(=O)[C@@]1(O)C(=O)[C@]2(C)CC[C@H](C(C)C)[C@@H]2c2cc(C)cc(O)c21. The standard InChI is InChI=1S/C20H26O5/c1-10(2)12-6-7-19(4)15(12)13-8-11(3)9-14(21)16(13)20(24,17(19)22)18(23)25-5/h8-10,12,15,21,24H,6-7H2,1-5H3/t12-,15-,19-,20+/m1/s1. The number of ether oxygens (including phenoxy) is 1. The first kappa shape index (κ1) is 17.9. The molecule has 0 aromatic heterocycles. The Morgan fingerprint density at radius 1 is 1.36 bits per heavy atom. The zero-order valence-electron chi connectivity index (χ0n) is 15.4. The van der Waals surface area contributed by atoms with E-state index in [1.165, 1.54) is 6.07 Å². The van der Waals surface area contributed by atoms with E-state index in [-0.39, 0.29) is 23.1 Å². The number of hydrogen-bond donors (Lipinski definition) is 2. The Kier molecular flexibility index (Phi) is 3.99. The van der Waals surface area contributed by atoms with Crippen LogP contribution in [0.4, 0.5) is 0 Å². The summed E-state index contributed by atoms with van der Waals surface area (Å²) in [6, 6.07) is 3.36. The number of esters is 1. The fraction of sp³-hybridized carbons (Fsp3) is 0.600. The van der Waals surface area contributed by atoms with E-state index < -0.39 is 22.8 Å². The Morgan fingerprint density at radius 3 is 2.56 bits per heavy atom. The van der Waals surface area contributed by atoms with Crippen molar-refractivity contribution < 1.29 is 24.5 Å². The number of aromatic hydroxyl groups is 1. The summed E-state index contributed by atoms with van der Waals surface area (Å²) < 4.78 is 4.75. The molecule has 1 saturated carbocycles. The molecular formula is C20H26O5. The number of ketones is 1. The summed E-state index contributed by atoms with van der Waals surface area (Å²) in [6.45, 7) is 7.93. The van der Waals surface area contributed by atoms with Crippen molar-refractivity contribution in [3.05, 3.63) is 28.8 Å². The second-order valence-corrected chi connectivity index (χ2v) is 8.12. The first-order valence-electron chi connectivity index (χ1n) is 8.78. The minimum Gasteiger partial charge on any atom is -0.508 e. The number of phenols is 1. The summed E-state index contributed by atoms with van der Waals surface area (Å²) in [4.78, 5) is 25.8. The molecule has 2 N–H and O–H groups in total. The van der Waals surface area contributed by atoms with Crippen LogP contribution in [0.2, 0.25) is 0 Å². The van der Waals surface area contributed by atoms with Crippen molar-refractivity contribution in [3.8, 4) is 5.75 Å². The predicted molar refractivity (Wildman–Crippen MR) is 92.2 cm³/mol. The Balaban J connectivity index is 2.38. The van der Waals surface area contributed by atoms with Crippen LogP contribution in [0.1, 0.15) is 56.2 Å². The van der Waals surface area contributed by atoms with E-state index in [2.05, 4.69) is 13.8 Å². The van der Waals surface area contributed by atoms with Crippen LogP contribution in [0.25, 0.3) is 0 Å². The van der Waals surface area contributed by atoms with Crippen LogP contribution in [-0.4, -0.2) is 29.1 Å². The molecule has 3 rings (SSSR count). The molecule has 1 aromatic rings. The molecule has 0 bridgehead atoms. The number of carbonyl (C=O) groups is 2.